The summed E-state index contributed by atoms with van der Waals surface area (Å²) in [6.45, 7) is 3.93. The van der Waals surface area contributed by atoms with E-state index in [1.54, 1.807) is 0 Å². The van der Waals surface area contributed by atoms with Crippen molar-refractivity contribution < 1.29 is 9.53 Å². The fourth-order valence-electron chi connectivity index (χ4n) is 3.58. The van der Waals surface area contributed by atoms with Gasteiger partial charge >= 0.3 is 0 Å². The maximum atomic E-state index is 12.3. The third-order valence-corrected chi connectivity index (χ3v) is 5.27. The van der Waals surface area contributed by atoms with Gasteiger partial charge in [0.15, 0.2) is 0 Å². The van der Waals surface area contributed by atoms with Crippen molar-refractivity contribution >= 4 is 5.78 Å². The lowest BCUT2D eigenvalue weighted by atomic mass is 9.78. The van der Waals surface area contributed by atoms with Crippen LogP contribution in [0.3, 0.4) is 0 Å². The number of Topliss-reactive ketones (excluding diaryl/α,β-unsaturated/α-hetero) is 1. The highest BCUT2D eigenvalue weighted by Crippen LogP contribution is 2.38. The van der Waals surface area contributed by atoms with Gasteiger partial charge in [-0.05, 0) is 38.0 Å². The second-order valence-electron chi connectivity index (χ2n) is 6.64. The zero-order valence-electron chi connectivity index (χ0n) is 12.3. The third kappa shape index (κ3) is 3.79. The van der Waals surface area contributed by atoms with Gasteiger partial charge in [-0.15, -0.1) is 0 Å². The fraction of sp³-hybridized carbons (Fsp3) is 0.938. The molecule has 1 heterocycles. The number of carbonyl (C=O) groups excluding carboxylic acids is 1. The van der Waals surface area contributed by atoms with E-state index in [-0.39, 0.29) is 11.5 Å². The standard InChI is InChI=1S/C16H29NO2/c1-16(10-4-6-14(16)17)15(18)7-3-2-5-13-8-11-19-12-9-13/h13-14H,2-12,17H2,1H3. The second kappa shape index (κ2) is 6.85. The van der Waals surface area contributed by atoms with Gasteiger partial charge in [-0.1, -0.05) is 26.2 Å². The minimum atomic E-state index is -0.224. The van der Waals surface area contributed by atoms with Crippen molar-refractivity contribution in [1.82, 2.24) is 0 Å². The van der Waals surface area contributed by atoms with Crippen molar-refractivity contribution in [2.24, 2.45) is 17.1 Å². The van der Waals surface area contributed by atoms with Crippen LogP contribution in [0, 0.1) is 11.3 Å². The van der Waals surface area contributed by atoms with Crippen LogP contribution in [0.1, 0.15) is 64.7 Å². The SMILES string of the molecule is CC1(C(=O)CCCCC2CCOCC2)CCCC1N. The Morgan fingerprint density at radius 1 is 1.26 bits per heavy atom. The highest BCUT2D eigenvalue weighted by atomic mass is 16.5. The molecule has 2 atom stereocenters. The van der Waals surface area contributed by atoms with Crippen LogP contribution in [-0.2, 0) is 9.53 Å². The number of rotatable bonds is 6. The zero-order chi connectivity index (χ0) is 13.7. The van der Waals surface area contributed by atoms with E-state index < -0.39 is 0 Å². The Morgan fingerprint density at radius 3 is 2.63 bits per heavy atom. The Bertz CT molecular complexity index is 299. The Balaban J connectivity index is 1.63. The average Bonchev–Trinajstić information content (AvgIpc) is 2.77. The molecule has 0 aromatic carbocycles. The lowest BCUT2D eigenvalue weighted by molar-refractivity contribution is -0.128. The zero-order valence-corrected chi connectivity index (χ0v) is 12.3. The van der Waals surface area contributed by atoms with Crippen LogP contribution in [0.15, 0.2) is 0 Å². The van der Waals surface area contributed by atoms with E-state index >= 15 is 0 Å². The molecule has 0 spiro atoms. The van der Waals surface area contributed by atoms with Gasteiger partial charge in [0.2, 0.25) is 0 Å². The van der Waals surface area contributed by atoms with Crippen LogP contribution in [0.4, 0.5) is 0 Å². The first-order valence-corrected chi connectivity index (χ1v) is 7.99. The summed E-state index contributed by atoms with van der Waals surface area (Å²) in [6, 6.07) is 0.0930. The molecule has 0 amide bonds. The molecule has 2 unspecified atom stereocenters. The van der Waals surface area contributed by atoms with E-state index in [1.807, 2.05) is 0 Å². The topological polar surface area (TPSA) is 52.3 Å². The molecule has 1 saturated heterocycles. The van der Waals surface area contributed by atoms with E-state index in [0.29, 0.717) is 5.78 Å². The van der Waals surface area contributed by atoms with Crippen molar-refractivity contribution in [3.8, 4) is 0 Å². The largest absolute Gasteiger partial charge is 0.381 e. The first kappa shape index (κ1) is 15.0. The van der Waals surface area contributed by atoms with E-state index in [4.69, 9.17) is 10.5 Å². The normalized spacial score (nSPS) is 32.6. The van der Waals surface area contributed by atoms with Crippen molar-refractivity contribution in [1.29, 1.82) is 0 Å². The molecule has 1 saturated carbocycles. The number of carbonyl (C=O) groups is 1. The predicted molar refractivity (Wildman–Crippen MR) is 77.0 cm³/mol. The average molecular weight is 267 g/mol. The summed E-state index contributed by atoms with van der Waals surface area (Å²) >= 11 is 0. The van der Waals surface area contributed by atoms with E-state index in [1.165, 1.54) is 25.7 Å². The molecule has 2 fully saturated rings. The fourth-order valence-corrected chi connectivity index (χ4v) is 3.58. The molecule has 0 aromatic heterocycles. The molecule has 2 N–H and O–H groups in total. The molecule has 19 heavy (non-hydrogen) atoms. The Morgan fingerprint density at radius 2 is 2.00 bits per heavy atom. The molecular formula is C16H29NO2. The summed E-state index contributed by atoms with van der Waals surface area (Å²) in [5.74, 6) is 1.23. The summed E-state index contributed by atoms with van der Waals surface area (Å²) in [4.78, 5) is 12.3. The van der Waals surface area contributed by atoms with Crippen molar-refractivity contribution in [3.63, 3.8) is 0 Å². The first-order chi connectivity index (χ1) is 9.13. The molecular weight excluding hydrogens is 238 g/mol. The third-order valence-electron chi connectivity index (χ3n) is 5.27. The number of nitrogens with two attached hydrogens (primary N) is 1. The van der Waals surface area contributed by atoms with Gasteiger partial charge in [0, 0.05) is 31.1 Å². The molecule has 3 heteroatoms. The lowest BCUT2D eigenvalue weighted by Crippen LogP contribution is -2.41. The first-order valence-electron chi connectivity index (χ1n) is 7.99. The summed E-state index contributed by atoms with van der Waals surface area (Å²) < 4.78 is 5.37. The van der Waals surface area contributed by atoms with Crippen molar-refractivity contribution in [2.45, 2.75) is 70.8 Å². The monoisotopic (exact) mass is 267 g/mol. The Labute approximate surface area is 117 Å². The van der Waals surface area contributed by atoms with Gasteiger partial charge in [0.25, 0.3) is 0 Å². The van der Waals surface area contributed by atoms with Gasteiger partial charge in [-0.25, -0.2) is 0 Å². The van der Waals surface area contributed by atoms with Crippen LogP contribution >= 0.6 is 0 Å². The van der Waals surface area contributed by atoms with E-state index in [9.17, 15) is 4.79 Å². The summed E-state index contributed by atoms with van der Waals surface area (Å²) in [6.07, 6.45) is 9.75. The highest BCUT2D eigenvalue weighted by Gasteiger charge is 2.41. The summed E-state index contributed by atoms with van der Waals surface area (Å²) in [5.41, 5.74) is 5.88. The van der Waals surface area contributed by atoms with Gasteiger partial charge < -0.3 is 10.5 Å². The minimum absolute atomic E-state index is 0.0930. The van der Waals surface area contributed by atoms with Crippen LogP contribution in [0.2, 0.25) is 0 Å². The number of ether oxygens (including phenoxy) is 1. The van der Waals surface area contributed by atoms with Gasteiger partial charge in [0.1, 0.15) is 5.78 Å². The molecule has 1 aliphatic heterocycles. The predicted octanol–water partition coefficient (Wildman–Crippen LogP) is 3.06. The highest BCUT2D eigenvalue weighted by molar-refractivity contribution is 5.85. The molecule has 110 valence electrons. The van der Waals surface area contributed by atoms with Crippen LogP contribution in [-0.4, -0.2) is 25.0 Å². The molecule has 0 aromatic rings. The molecule has 0 bridgehead atoms. The van der Waals surface area contributed by atoms with Crippen LogP contribution < -0.4 is 5.73 Å². The maximum absolute atomic E-state index is 12.3. The van der Waals surface area contributed by atoms with Gasteiger partial charge in [-0.3, -0.25) is 4.79 Å². The molecule has 3 nitrogen and oxygen atoms in total. The van der Waals surface area contributed by atoms with Gasteiger partial charge in [0.05, 0.1) is 0 Å². The van der Waals surface area contributed by atoms with Crippen LogP contribution in [0.25, 0.3) is 0 Å². The summed E-state index contributed by atoms with van der Waals surface area (Å²) in [7, 11) is 0. The van der Waals surface area contributed by atoms with E-state index in [0.717, 1.165) is 51.2 Å². The lowest BCUT2D eigenvalue weighted by Gasteiger charge is -2.27. The minimum Gasteiger partial charge on any atom is -0.381 e. The number of unbranched alkanes of at least 4 members (excludes halogenated alkanes) is 1. The quantitative estimate of drug-likeness (QED) is 0.752. The Hall–Kier alpha value is -0.410. The molecule has 1 aliphatic carbocycles. The number of ketones is 1. The van der Waals surface area contributed by atoms with Crippen molar-refractivity contribution in [3.05, 3.63) is 0 Å². The number of hydrogen-bond donors (Lipinski definition) is 1. The van der Waals surface area contributed by atoms with E-state index in [2.05, 4.69) is 6.92 Å². The van der Waals surface area contributed by atoms with Gasteiger partial charge in [-0.2, -0.15) is 0 Å². The number of hydrogen-bond acceptors (Lipinski definition) is 3. The summed E-state index contributed by atoms with van der Waals surface area (Å²) in [5, 5.41) is 0. The van der Waals surface area contributed by atoms with Crippen LogP contribution in [0.5, 0.6) is 0 Å². The molecule has 0 radical (unpaired) electrons. The smallest absolute Gasteiger partial charge is 0.140 e. The maximum Gasteiger partial charge on any atom is 0.140 e. The Kier molecular flexibility index (Phi) is 5.40. The van der Waals surface area contributed by atoms with Crippen molar-refractivity contribution in [2.75, 3.05) is 13.2 Å². The molecule has 2 aliphatic rings. The molecule has 2 rings (SSSR count). The second-order valence-corrected chi connectivity index (χ2v) is 6.64.